The van der Waals surface area contributed by atoms with Crippen LogP contribution >= 0.6 is 0 Å². The molecule has 0 saturated carbocycles. The Morgan fingerprint density at radius 3 is 2.55 bits per heavy atom. The minimum absolute atomic E-state index is 0.0880. The molecule has 2 unspecified atom stereocenters. The average Bonchev–Trinajstić information content (AvgIpc) is 2.52. The second kappa shape index (κ2) is 10.0. The van der Waals surface area contributed by atoms with Crippen LogP contribution in [-0.4, -0.2) is 29.9 Å². The highest BCUT2D eigenvalue weighted by atomic mass is 16.6. The molecule has 0 aromatic heterocycles. The highest BCUT2D eigenvalue weighted by molar-refractivity contribution is 5.86. The van der Waals surface area contributed by atoms with Crippen LogP contribution in [0.1, 0.15) is 39.5 Å². The Balaban J connectivity index is 2.59. The summed E-state index contributed by atoms with van der Waals surface area (Å²) in [5.74, 6) is 0.209. The van der Waals surface area contributed by atoms with Gasteiger partial charge in [0.15, 0.2) is 0 Å². The van der Waals surface area contributed by atoms with E-state index < -0.39 is 18.2 Å². The summed E-state index contributed by atoms with van der Waals surface area (Å²) in [7, 11) is 0. The number of aliphatic hydroxyl groups excluding tert-OH is 1. The van der Waals surface area contributed by atoms with Crippen LogP contribution in [0.4, 0.5) is 0 Å². The normalized spacial score (nSPS) is 13.2. The van der Waals surface area contributed by atoms with Gasteiger partial charge >= 0.3 is 5.97 Å². The number of esters is 1. The standard InChI is InChI=1S/C18H26O4/c1-4-5-7-12-17(22-15-10-8-6-9-11-15)16(19)13-21-18(20)14(2)3/h6,8-11,16-17,19H,2,4-5,7,12-13H2,1,3H3. The summed E-state index contributed by atoms with van der Waals surface area (Å²) in [5.41, 5.74) is 0.318. The van der Waals surface area contributed by atoms with Gasteiger partial charge in [0.05, 0.1) is 0 Å². The number of unbranched alkanes of at least 4 members (excludes halogenated alkanes) is 2. The van der Waals surface area contributed by atoms with E-state index in [1.807, 2.05) is 30.3 Å². The average molecular weight is 306 g/mol. The number of ether oxygens (including phenoxy) is 2. The predicted molar refractivity (Wildman–Crippen MR) is 86.8 cm³/mol. The molecule has 0 fully saturated rings. The first-order chi connectivity index (χ1) is 10.5. The van der Waals surface area contributed by atoms with E-state index in [4.69, 9.17) is 9.47 Å². The van der Waals surface area contributed by atoms with Gasteiger partial charge in [0.2, 0.25) is 0 Å². The van der Waals surface area contributed by atoms with E-state index in [1.165, 1.54) is 0 Å². The predicted octanol–water partition coefficient (Wildman–Crippen LogP) is 3.49. The molecule has 122 valence electrons. The molecule has 1 aromatic carbocycles. The first-order valence-electron chi connectivity index (χ1n) is 7.77. The molecule has 0 spiro atoms. The van der Waals surface area contributed by atoms with Crippen LogP contribution in [0.25, 0.3) is 0 Å². The van der Waals surface area contributed by atoms with Crippen molar-refractivity contribution in [3.63, 3.8) is 0 Å². The van der Waals surface area contributed by atoms with E-state index in [1.54, 1.807) is 6.92 Å². The molecule has 22 heavy (non-hydrogen) atoms. The number of carbonyl (C=O) groups is 1. The summed E-state index contributed by atoms with van der Waals surface area (Å²) in [5, 5.41) is 10.3. The van der Waals surface area contributed by atoms with Crippen LogP contribution in [-0.2, 0) is 9.53 Å². The van der Waals surface area contributed by atoms with Crippen molar-refractivity contribution in [2.24, 2.45) is 0 Å². The zero-order chi connectivity index (χ0) is 16.4. The lowest BCUT2D eigenvalue weighted by Crippen LogP contribution is -2.36. The van der Waals surface area contributed by atoms with Gasteiger partial charge in [-0.05, 0) is 31.9 Å². The van der Waals surface area contributed by atoms with Crippen molar-refractivity contribution in [2.75, 3.05) is 6.61 Å². The Hall–Kier alpha value is -1.81. The molecule has 4 heteroatoms. The Morgan fingerprint density at radius 1 is 1.27 bits per heavy atom. The maximum absolute atomic E-state index is 11.4. The van der Waals surface area contributed by atoms with Crippen LogP contribution < -0.4 is 4.74 Å². The minimum Gasteiger partial charge on any atom is -0.488 e. The first kappa shape index (κ1) is 18.2. The summed E-state index contributed by atoms with van der Waals surface area (Å²) >= 11 is 0. The molecule has 0 amide bonds. The molecule has 1 N–H and O–H groups in total. The van der Waals surface area contributed by atoms with Gasteiger partial charge in [-0.15, -0.1) is 0 Å². The quantitative estimate of drug-likeness (QED) is 0.408. The summed E-state index contributed by atoms with van der Waals surface area (Å²) < 4.78 is 10.9. The molecule has 0 saturated heterocycles. The van der Waals surface area contributed by atoms with Crippen molar-refractivity contribution in [2.45, 2.75) is 51.7 Å². The van der Waals surface area contributed by atoms with E-state index in [-0.39, 0.29) is 6.61 Å². The minimum atomic E-state index is -0.861. The third kappa shape index (κ3) is 6.76. The lowest BCUT2D eigenvalue weighted by atomic mass is 10.1. The molecule has 0 aliphatic heterocycles. The van der Waals surface area contributed by atoms with E-state index in [0.717, 1.165) is 19.3 Å². The highest BCUT2D eigenvalue weighted by Crippen LogP contribution is 2.17. The van der Waals surface area contributed by atoms with Crippen LogP contribution in [0, 0.1) is 0 Å². The molecule has 0 aliphatic rings. The van der Waals surface area contributed by atoms with Crippen LogP contribution in [0.5, 0.6) is 5.75 Å². The van der Waals surface area contributed by atoms with Gasteiger partial charge in [0, 0.05) is 5.57 Å². The van der Waals surface area contributed by atoms with Gasteiger partial charge in [-0.3, -0.25) is 0 Å². The topological polar surface area (TPSA) is 55.8 Å². The smallest absolute Gasteiger partial charge is 0.333 e. The third-order valence-electron chi connectivity index (χ3n) is 3.29. The molecule has 1 rings (SSSR count). The fourth-order valence-electron chi connectivity index (χ4n) is 1.99. The Morgan fingerprint density at radius 2 is 1.95 bits per heavy atom. The van der Waals surface area contributed by atoms with Gasteiger partial charge in [-0.25, -0.2) is 4.79 Å². The molecule has 0 aliphatic carbocycles. The highest BCUT2D eigenvalue weighted by Gasteiger charge is 2.22. The molecular formula is C18H26O4. The first-order valence-corrected chi connectivity index (χ1v) is 7.77. The summed E-state index contributed by atoms with van der Waals surface area (Å²) in [4.78, 5) is 11.4. The number of aliphatic hydroxyl groups is 1. The van der Waals surface area contributed by atoms with Crippen molar-refractivity contribution in [3.05, 3.63) is 42.5 Å². The van der Waals surface area contributed by atoms with Gasteiger partial charge < -0.3 is 14.6 Å². The van der Waals surface area contributed by atoms with Crippen LogP contribution in [0.15, 0.2) is 42.5 Å². The van der Waals surface area contributed by atoms with E-state index in [9.17, 15) is 9.90 Å². The van der Waals surface area contributed by atoms with Crippen molar-refractivity contribution in [1.82, 2.24) is 0 Å². The van der Waals surface area contributed by atoms with Crippen molar-refractivity contribution in [3.8, 4) is 5.75 Å². The number of para-hydroxylation sites is 1. The second-order valence-corrected chi connectivity index (χ2v) is 5.41. The third-order valence-corrected chi connectivity index (χ3v) is 3.29. The molecule has 0 radical (unpaired) electrons. The number of rotatable bonds is 10. The molecule has 2 atom stereocenters. The lowest BCUT2D eigenvalue weighted by Gasteiger charge is -2.24. The molecular weight excluding hydrogens is 280 g/mol. The van der Waals surface area contributed by atoms with Gasteiger partial charge in [0.25, 0.3) is 0 Å². The van der Waals surface area contributed by atoms with Crippen molar-refractivity contribution in [1.29, 1.82) is 0 Å². The lowest BCUT2D eigenvalue weighted by molar-refractivity contribution is -0.143. The fourth-order valence-corrected chi connectivity index (χ4v) is 1.99. The summed E-state index contributed by atoms with van der Waals surface area (Å²) in [6.07, 6.45) is 2.59. The van der Waals surface area contributed by atoms with E-state index in [2.05, 4.69) is 13.5 Å². The van der Waals surface area contributed by atoms with Crippen molar-refractivity contribution < 1.29 is 19.4 Å². The molecule has 0 heterocycles. The maximum atomic E-state index is 11.4. The largest absolute Gasteiger partial charge is 0.488 e. The maximum Gasteiger partial charge on any atom is 0.333 e. The van der Waals surface area contributed by atoms with Crippen molar-refractivity contribution >= 4 is 5.97 Å². The van der Waals surface area contributed by atoms with E-state index >= 15 is 0 Å². The number of hydrogen-bond acceptors (Lipinski definition) is 4. The van der Waals surface area contributed by atoms with Gasteiger partial charge in [-0.1, -0.05) is 44.5 Å². The zero-order valence-electron chi connectivity index (χ0n) is 13.5. The monoisotopic (exact) mass is 306 g/mol. The van der Waals surface area contributed by atoms with E-state index in [0.29, 0.717) is 17.7 Å². The van der Waals surface area contributed by atoms with Crippen LogP contribution in [0.3, 0.4) is 0 Å². The summed E-state index contributed by atoms with van der Waals surface area (Å²) in [6.45, 7) is 7.13. The second-order valence-electron chi connectivity index (χ2n) is 5.41. The number of carbonyl (C=O) groups excluding carboxylic acids is 1. The Labute approximate surface area is 132 Å². The number of hydrogen-bond donors (Lipinski definition) is 1. The Bertz CT molecular complexity index is 455. The zero-order valence-corrected chi connectivity index (χ0v) is 13.5. The molecule has 4 nitrogen and oxygen atoms in total. The van der Waals surface area contributed by atoms with Crippen LogP contribution in [0.2, 0.25) is 0 Å². The van der Waals surface area contributed by atoms with Gasteiger partial charge in [-0.2, -0.15) is 0 Å². The molecule has 1 aromatic rings. The summed E-state index contributed by atoms with van der Waals surface area (Å²) in [6, 6.07) is 9.36. The molecule has 0 bridgehead atoms. The SMILES string of the molecule is C=C(C)C(=O)OCC(O)C(CCCCC)Oc1ccccc1. The fraction of sp³-hybridized carbons (Fsp3) is 0.500. The number of benzene rings is 1. The van der Waals surface area contributed by atoms with Gasteiger partial charge in [0.1, 0.15) is 24.6 Å². The Kier molecular flexibility index (Phi) is 8.30.